The summed E-state index contributed by atoms with van der Waals surface area (Å²) in [6.07, 6.45) is 3.71. The summed E-state index contributed by atoms with van der Waals surface area (Å²) in [4.78, 5) is 13.8. The topological polar surface area (TPSA) is 58.4 Å². The Balaban J connectivity index is 2.01. The molecular formula is C13H25N3O. The number of carbonyl (C=O) groups excluding carboxylic acids is 1. The van der Waals surface area contributed by atoms with Crippen molar-refractivity contribution in [1.82, 2.24) is 10.2 Å². The van der Waals surface area contributed by atoms with Gasteiger partial charge >= 0.3 is 0 Å². The van der Waals surface area contributed by atoms with Crippen molar-refractivity contribution in [2.45, 2.75) is 45.2 Å². The molecule has 4 heteroatoms. The highest BCUT2D eigenvalue weighted by atomic mass is 16.1. The molecule has 1 aliphatic heterocycles. The lowest BCUT2D eigenvalue weighted by molar-refractivity contribution is -0.125. The molecule has 17 heavy (non-hydrogen) atoms. The lowest BCUT2D eigenvalue weighted by atomic mass is 9.78. The van der Waals surface area contributed by atoms with E-state index in [9.17, 15) is 4.79 Å². The molecule has 1 saturated carbocycles. The normalized spacial score (nSPS) is 40.1. The van der Waals surface area contributed by atoms with Crippen molar-refractivity contribution in [2.75, 3.05) is 19.6 Å². The Hall–Kier alpha value is -0.610. The summed E-state index contributed by atoms with van der Waals surface area (Å²) < 4.78 is 0. The fraction of sp³-hybridized carbons (Fsp3) is 0.923. The molecule has 3 N–H and O–H groups in total. The Labute approximate surface area is 104 Å². The Morgan fingerprint density at radius 2 is 2.06 bits per heavy atom. The van der Waals surface area contributed by atoms with E-state index in [2.05, 4.69) is 24.1 Å². The fourth-order valence-corrected chi connectivity index (χ4v) is 3.24. The van der Waals surface area contributed by atoms with Crippen LogP contribution in [-0.2, 0) is 4.79 Å². The lowest BCUT2D eigenvalue weighted by Gasteiger charge is -2.44. The summed E-state index contributed by atoms with van der Waals surface area (Å²) in [5.74, 6) is 1.40. The van der Waals surface area contributed by atoms with E-state index in [1.807, 2.05) is 0 Å². The summed E-state index contributed by atoms with van der Waals surface area (Å²) in [5, 5.41) is 3.26. The zero-order chi connectivity index (χ0) is 12.4. The minimum Gasteiger partial charge on any atom is -0.368 e. The summed E-state index contributed by atoms with van der Waals surface area (Å²) in [6, 6.07) is 0.454. The van der Waals surface area contributed by atoms with Gasteiger partial charge in [-0.2, -0.15) is 0 Å². The molecule has 0 radical (unpaired) electrons. The number of primary amides is 1. The first-order valence-corrected chi connectivity index (χ1v) is 6.85. The minimum atomic E-state index is -0.177. The first-order valence-electron chi connectivity index (χ1n) is 6.85. The van der Waals surface area contributed by atoms with Gasteiger partial charge in [0, 0.05) is 25.7 Å². The highest BCUT2D eigenvalue weighted by molar-refractivity contribution is 5.80. The zero-order valence-corrected chi connectivity index (χ0v) is 11.0. The van der Waals surface area contributed by atoms with Crippen LogP contribution in [0.1, 0.15) is 33.1 Å². The average Bonchev–Trinajstić information content (AvgIpc) is 2.32. The monoisotopic (exact) mass is 239 g/mol. The van der Waals surface area contributed by atoms with Crippen LogP contribution in [0.4, 0.5) is 0 Å². The van der Waals surface area contributed by atoms with Gasteiger partial charge in [0.25, 0.3) is 0 Å². The van der Waals surface area contributed by atoms with E-state index >= 15 is 0 Å². The molecule has 1 amide bonds. The molecule has 4 unspecified atom stereocenters. The van der Waals surface area contributed by atoms with Gasteiger partial charge in [-0.15, -0.1) is 0 Å². The van der Waals surface area contributed by atoms with Crippen LogP contribution >= 0.6 is 0 Å². The van der Waals surface area contributed by atoms with Crippen molar-refractivity contribution in [3.8, 4) is 0 Å². The Morgan fingerprint density at radius 1 is 1.29 bits per heavy atom. The molecule has 2 fully saturated rings. The van der Waals surface area contributed by atoms with Crippen molar-refractivity contribution in [3.05, 3.63) is 0 Å². The molecule has 1 saturated heterocycles. The first kappa shape index (κ1) is 12.8. The van der Waals surface area contributed by atoms with Crippen LogP contribution in [0.5, 0.6) is 0 Å². The third kappa shape index (κ3) is 2.80. The molecule has 98 valence electrons. The van der Waals surface area contributed by atoms with Crippen molar-refractivity contribution >= 4 is 5.91 Å². The van der Waals surface area contributed by atoms with Crippen LogP contribution in [0.3, 0.4) is 0 Å². The van der Waals surface area contributed by atoms with E-state index in [1.165, 1.54) is 19.3 Å². The molecule has 0 spiro atoms. The lowest BCUT2D eigenvalue weighted by Crippen LogP contribution is -2.60. The Kier molecular flexibility index (Phi) is 4.05. The minimum absolute atomic E-state index is 0.102. The number of hydrogen-bond acceptors (Lipinski definition) is 3. The van der Waals surface area contributed by atoms with E-state index < -0.39 is 0 Å². The van der Waals surface area contributed by atoms with E-state index in [0.717, 1.165) is 31.5 Å². The summed E-state index contributed by atoms with van der Waals surface area (Å²) in [6.45, 7) is 7.32. The number of hydrogen-bond donors (Lipinski definition) is 2. The number of nitrogens with one attached hydrogen (secondary N) is 1. The average molecular weight is 239 g/mol. The van der Waals surface area contributed by atoms with Crippen LogP contribution < -0.4 is 11.1 Å². The standard InChI is InChI=1S/C13H25N3O/c1-9-3-4-11(7-10(9)2)16-6-5-15-8-12(16)13(14)17/h9-12,15H,3-8H2,1-2H3,(H2,14,17). The summed E-state index contributed by atoms with van der Waals surface area (Å²) >= 11 is 0. The number of nitrogens with two attached hydrogens (primary N) is 1. The van der Waals surface area contributed by atoms with Gasteiger partial charge in [0.15, 0.2) is 0 Å². The Bertz CT molecular complexity index is 282. The summed E-state index contributed by atoms with van der Waals surface area (Å²) in [7, 11) is 0. The first-order chi connectivity index (χ1) is 8.09. The van der Waals surface area contributed by atoms with E-state index in [0.29, 0.717) is 6.04 Å². The molecule has 2 aliphatic rings. The molecule has 0 aromatic rings. The van der Waals surface area contributed by atoms with E-state index in [-0.39, 0.29) is 11.9 Å². The van der Waals surface area contributed by atoms with Gasteiger partial charge in [-0.3, -0.25) is 9.69 Å². The molecule has 0 aromatic carbocycles. The van der Waals surface area contributed by atoms with Crippen LogP contribution in [0.15, 0.2) is 0 Å². The number of piperazine rings is 1. The van der Waals surface area contributed by atoms with Crippen molar-refractivity contribution in [2.24, 2.45) is 17.6 Å². The van der Waals surface area contributed by atoms with Gasteiger partial charge in [-0.05, 0) is 31.1 Å². The molecule has 0 aromatic heterocycles. The smallest absolute Gasteiger partial charge is 0.236 e. The van der Waals surface area contributed by atoms with Crippen molar-refractivity contribution in [3.63, 3.8) is 0 Å². The maximum absolute atomic E-state index is 11.5. The van der Waals surface area contributed by atoms with Crippen molar-refractivity contribution < 1.29 is 4.79 Å². The molecule has 4 nitrogen and oxygen atoms in total. The van der Waals surface area contributed by atoms with Gasteiger partial charge < -0.3 is 11.1 Å². The second kappa shape index (κ2) is 5.36. The zero-order valence-electron chi connectivity index (χ0n) is 11.0. The van der Waals surface area contributed by atoms with E-state index in [1.54, 1.807) is 0 Å². The largest absolute Gasteiger partial charge is 0.368 e. The highest BCUT2D eigenvalue weighted by Crippen LogP contribution is 2.33. The van der Waals surface area contributed by atoms with Crippen LogP contribution in [0, 0.1) is 11.8 Å². The molecule has 2 rings (SSSR count). The fourth-order valence-electron chi connectivity index (χ4n) is 3.24. The number of rotatable bonds is 2. The van der Waals surface area contributed by atoms with Crippen molar-refractivity contribution in [1.29, 1.82) is 0 Å². The maximum atomic E-state index is 11.5. The number of amides is 1. The van der Waals surface area contributed by atoms with Crippen LogP contribution in [0.25, 0.3) is 0 Å². The summed E-state index contributed by atoms with van der Waals surface area (Å²) in [5.41, 5.74) is 5.51. The molecule has 0 bridgehead atoms. The molecule has 1 heterocycles. The van der Waals surface area contributed by atoms with Gasteiger partial charge in [0.05, 0.1) is 0 Å². The van der Waals surface area contributed by atoms with Crippen LogP contribution in [-0.4, -0.2) is 42.5 Å². The third-order valence-electron chi connectivity index (χ3n) is 4.65. The second-order valence-electron chi connectivity index (χ2n) is 5.78. The maximum Gasteiger partial charge on any atom is 0.236 e. The SMILES string of the molecule is CC1CCC(N2CCNCC2C(N)=O)CC1C. The van der Waals surface area contributed by atoms with Gasteiger partial charge in [0.2, 0.25) is 5.91 Å². The molecular weight excluding hydrogens is 214 g/mol. The number of carbonyl (C=O) groups is 1. The quantitative estimate of drug-likeness (QED) is 0.741. The van der Waals surface area contributed by atoms with E-state index in [4.69, 9.17) is 5.73 Å². The molecule has 1 aliphatic carbocycles. The Morgan fingerprint density at radius 3 is 2.71 bits per heavy atom. The second-order valence-corrected chi connectivity index (χ2v) is 5.78. The third-order valence-corrected chi connectivity index (χ3v) is 4.65. The van der Waals surface area contributed by atoms with Gasteiger partial charge in [-0.1, -0.05) is 13.8 Å². The highest BCUT2D eigenvalue weighted by Gasteiger charge is 2.35. The number of nitrogens with zero attached hydrogens (tertiary/aromatic N) is 1. The van der Waals surface area contributed by atoms with Gasteiger partial charge in [0.1, 0.15) is 6.04 Å². The predicted octanol–water partition coefficient (Wildman–Crippen LogP) is 0.570. The predicted molar refractivity (Wildman–Crippen MR) is 68.5 cm³/mol. The molecule has 4 atom stereocenters. The van der Waals surface area contributed by atoms with Crippen LogP contribution in [0.2, 0.25) is 0 Å². The van der Waals surface area contributed by atoms with Gasteiger partial charge in [-0.25, -0.2) is 0 Å².